The van der Waals surface area contributed by atoms with E-state index in [4.69, 9.17) is 0 Å². The topological polar surface area (TPSA) is 44.9 Å². The van der Waals surface area contributed by atoms with Crippen LogP contribution in [-0.2, 0) is 17.8 Å². The first kappa shape index (κ1) is 13.4. The first-order valence-electron chi connectivity index (χ1n) is 7.10. The number of hydrogen-bond acceptors (Lipinski definition) is 1. The Bertz CT molecular complexity index is 759. The predicted molar refractivity (Wildman–Crippen MR) is 85.0 cm³/mol. The van der Waals surface area contributed by atoms with Crippen LogP contribution < -0.4 is 5.32 Å². The lowest BCUT2D eigenvalue weighted by atomic mass is 10.1. The van der Waals surface area contributed by atoms with Gasteiger partial charge in [0, 0.05) is 23.6 Å². The first-order valence-corrected chi connectivity index (χ1v) is 7.10. The molecule has 1 heterocycles. The summed E-state index contributed by atoms with van der Waals surface area (Å²) in [7, 11) is 0. The number of amides is 1. The molecule has 3 heteroatoms. The minimum Gasteiger partial charge on any atom is -0.361 e. The average molecular weight is 278 g/mol. The largest absolute Gasteiger partial charge is 0.361 e. The predicted octanol–water partition coefficient (Wildman–Crippen LogP) is 3.34. The molecule has 1 aromatic heterocycles. The molecule has 3 rings (SSSR count). The maximum absolute atomic E-state index is 12.1. The summed E-state index contributed by atoms with van der Waals surface area (Å²) in [6.45, 7) is 2.64. The van der Waals surface area contributed by atoms with E-state index in [0.29, 0.717) is 13.0 Å². The lowest BCUT2D eigenvalue weighted by Crippen LogP contribution is -2.24. The Morgan fingerprint density at radius 1 is 1.10 bits per heavy atom. The Morgan fingerprint density at radius 3 is 2.71 bits per heavy atom. The molecule has 0 radical (unpaired) electrons. The van der Waals surface area contributed by atoms with Crippen molar-refractivity contribution in [1.29, 1.82) is 0 Å². The third-order valence-electron chi connectivity index (χ3n) is 3.68. The molecule has 3 nitrogen and oxygen atoms in total. The maximum Gasteiger partial charge on any atom is 0.224 e. The number of aromatic amines is 1. The molecule has 2 N–H and O–H groups in total. The molecule has 1 amide bonds. The van der Waals surface area contributed by atoms with Gasteiger partial charge in [0.1, 0.15) is 0 Å². The second-order valence-electron chi connectivity index (χ2n) is 5.25. The fraction of sp³-hybridized carbons (Fsp3) is 0.167. The van der Waals surface area contributed by atoms with Crippen molar-refractivity contribution in [2.45, 2.75) is 19.9 Å². The zero-order chi connectivity index (χ0) is 14.7. The number of aryl methyl sites for hydroxylation is 1. The summed E-state index contributed by atoms with van der Waals surface area (Å²) in [5.74, 6) is 0.0445. The number of hydrogen-bond donors (Lipinski definition) is 2. The van der Waals surface area contributed by atoms with Crippen LogP contribution in [0.15, 0.2) is 54.7 Å². The summed E-state index contributed by atoms with van der Waals surface area (Å²) in [5.41, 5.74) is 4.44. The van der Waals surface area contributed by atoms with Crippen LogP contribution in [0.1, 0.15) is 16.7 Å². The summed E-state index contributed by atoms with van der Waals surface area (Å²) in [6.07, 6.45) is 2.33. The standard InChI is InChI=1S/C18H18N2O/c1-13-6-5-9-16-18(13)15(12-19-16)10-17(21)20-11-14-7-3-2-4-8-14/h2-9,12,19H,10-11H2,1H3,(H,20,21). The Labute approximate surface area is 124 Å². The number of aromatic nitrogens is 1. The summed E-state index contributed by atoms with van der Waals surface area (Å²) >= 11 is 0. The number of carbonyl (C=O) groups excluding carboxylic acids is 1. The molecule has 0 saturated heterocycles. The normalized spacial score (nSPS) is 10.7. The van der Waals surface area contributed by atoms with E-state index in [1.807, 2.05) is 48.7 Å². The molecule has 0 saturated carbocycles. The highest BCUT2D eigenvalue weighted by molar-refractivity contribution is 5.91. The molecular formula is C18H18N2O. The third-order valence-corrected chi connectivity index (χ3v) is 3.68. The van der Waals surface area contributed by atoms with E-state index in [-0.39, 0.29) is 5.91 Å². The van der Waals surface area contributed by atoms with E-state index in [1.165, 1.54) is 5.56 Å². The van der Waals surface area contributed by atoms with Gasteiger partial charge in [-0.1, -0.05) is 42.5 Å². The third kappa shape index (κ3) is 2.97. The molecule has 0 aliphatic rings. The van der Waals surface area contributed by atoms with Crippen LogP contribution in [0, 0.1) is 6.92 Å². The molecule has 0 aliphatic heterocycles. The van der Waals surface area contributed by atoms with Gasteiger partial charge in [0.25, 0.3) is 0 Å². The molecule has 106 valence electrons. The van der Waals surface area contributed by atoms with Crippen molar-refractivity contribution < 1.29 is 4.79 Å². The minimum absolute atomic E-state index is 0.0445. The van der Waals surface area contributed by atoms with Crippen LogP contribution in [0.3, 0.4) is 0 Å². The van der Waals surface area contributed by atoms with Crippen molar-refractivity contribution >= 4 is 16.8 Å². The fourth-order valence-electron chi connectivity index (χ4n) is 2.62. The van der Waals surface area contributed by atoms with Crippen LogP contribution in [0.25, 0.3) is 10.9 Å². The smallest absolute Gasteiger partial charge is 0.224 e. The minimum atomic E-state index is 0.0445. The van der Waals surface area contributed by atoms with Crippen LogP contribution in [0.4, 0.5) is 0 Å². The summed E-state index contributed by atoms with van der Waals surface area (Å²) in [5, 5.41) is 4.13. The Hall–Kier alpha value is -2.55. The van der Waals surface area contributed by atoms with Crippen molar-refractivity contribution in [3.8, 4) is 0 Å². The molecule has 0 atom stereocenters. The van der Waals surface area contributed by atoms with E-state index < -0.39 is 0 Å². The zero-order valence-corrected chi connectivity index (χ0v) is 12.0. The van der Waals surface area contributed by atoms with Gasteiger partial charge in [0.15, 0.2) is 0 Å². The Morgan fingerprint density at radius 2 is 1.90 bits per heavy atom. The van der Waals surface area contributed by atoms with E-state index in [9.17, 15) is 4.79 Å². The monoisotopic (exact) mass is 278 g/mol. The summed E-state index contributed by atoms with van der Waals surface area (Å²) in [6, 6.07) is 16.1. The Balaban J connectivity index is 1.69. The molecule has 21 heavy (non-hydrogen) atoms. The number of fused-ring (bicyclic) bond motifs is 1. The lowest BCUT2D eigenvalue weighted by molar-refractivity contribution is -0.120. The zero-order valence-electron chi connectivity index (χ0n) is 12.0. The van der Waals surface area contributed by atoms with Crippen molar-refractivity contribution in [3.63, 3.8) is 0 Å². The van der Waals surface area contributed by atoms with Crippen molar-refractivity contribution in [1.82, 2.24) is 10.3 Å². The van der Waals surface area contributed by atoms with Crippen LogP contribution >= 0.6 is 0 Å². The fourth-order valence-corrected chi connectivity index (χ4v) is 2.62. The van der Waals surface area contributed by atoms with Crippen LogP contribution in [0.5, 0.6) is 0 Å². The van der Waals surface area contributed by atoms with Gasteiger partial charge in [-0.25, -0.2) is 0 Å². The molecule has 3 aromatic rings. The Kier molecular flexibility index (Phi) is 3.73. The molecule has 2 aromatic carbocycles. The van der Waals surface area contributed by atoms with Gasteiger partial charge in [0.05, 0.1) is 6.42 Å². The van der Waals surface area contributed by atoms with Gasteiger partial charge < -0.3 is 10.3 Å². The van der Waals surface area contributed by atoms with Gasteiger partial charge in [0.2, 0.25) is 5.91 Å². The van der Waals surface area contributed by atoms with Gasteiger partial charge in [-0.15, -0.1) is 0 Å². The SMILES string of the molecule is Cc1cccc2[nH]cc(CC(=O)NCc3ccccc3)c12. The van der Waals surface area contributed by atoms with Gasteiger partial charge in [-0.3, -0.25) is 4.79 Å². The van der Waals surface area contributed by atoms with Crippen LogP contribution in [0.2, 0.25) is 0 Å². The highest BCUT2D eigenvalue weighted by atomic mass is 16.1. The highest BCUT2D eigenvalue weighted by Gasteiger charge is 2.10. The molecule has 0 fully saturated rings. The molecular weight excluding hydrogens is 260 g/mol. The van der Waals surface area contributed by atoms with Crippen molar-refractivity contribution in [2.24, 2.45) is 0 Å². The van der Waals surface area contributed by atoms with Crippen molar-refractivity contribution in [2.75, 3.05) is 0 Å². The van der Waals surface area contributed by atoms with Crippen molar-refractivity contribution in [3.05, 3.63) is 71.4 Å². The van der Waals surface area contributed by atoms with Gasteiger partial charge >= 0.3 is 0 Å². The maximum atomic E-state index is 12.1. The number of benzene rings is 2. The molecule has 0 spiro atoms. The second-order valence-corrected chi connectivity index (χ2v) is 5.25. The summed E-state index contributed by atoms with van der Waals surface area (Å²) in [4.78, 5) is 15.3. The molecule has 0 aliphatic carbocycles. The van der Waals surface area contributed by atoms with E-state index in [1.54, 1.807) is 0 Å². The highest BCUT2D eigenvalue weighted by Crippen LogP contribution is 2.22. The number of nitrogens with one attached hydrogen (secondary N) is 2. The second kappa shape index (κ2) is 5.83. The van der Waals surface area contributed by atoms with E-state index >= 15 is 0 Å². The molecule has 0 bridgehead atoms. The van der Waals surface area contributed by atoms with Crippen LogP contribution in [-0.4, -0.2) is 10.9 Å². The average Bonchev–Trinajstić information content (AvgIpc) is 2.91. The number of H-pyrrole nitrogens is 1. The first-order chi connectivity index (χ1) is 10.2. The van der Waals surface area contributed by atoms with E-state index in [2.05, 4.69) is 23.3 Å². The quantitative estimate of drug-likeness (QED) is 0.755. The summed E-state index contributed by atoms with van der Waals surface area (Å²) < 4.78 is 0. The van der Waals surface area contributed by atoms with E-state index in [0.717, 1.165) is 22.0 Å². The molecule has 0 unspecified atom stereocenters. The van der Waals surface area contributed by atoms with Gasteiger partial charge in [-0.2, -0.15) is 0 Å². The number of rotatable bonds is 4. The number of carbonyl (C=O) groups is 1. The lowest BCUT2D eigenvalue weighted by Gasteiger charge is -2.05. The van der Waals surface area contributed by atoms with Gasteiger partial charge in [-0.05, 0) is 29.7 Å².